The number of aromatic nitrogens is 1. The first-order chi connectivity index (χ1) is 9.69. The van der Waals surface area contributed by atoms with Crippen LogP contribution in [0.25, 0.3) is 10.2 Å². The molecule has 3 atom stereocenters. The van der Waals surface area contributed by atoms with E-state index in [-0.39, 0.29) is 11.8 Å². The van der Waals surface area contributed by atoms with Gasteiger partial charge in [-0.15, -0.1) is 0 Å². The van der Waals surface area contributed by atoms with Crippen LogP contribution in [0.3, 0.4) is 0 Å². The number of rotatable bonds is 2. The Morgan fingerprint density at radius 3 is 3.00 bits per heavy atom. The first kappa shape index (κ1) is 12.8. The Hall–Kier alpha value is -0.940. The van der Waals surface area contributed by atoms with Gasteiger partial charge in [0.25, 0.3) is 0 Å². The first-order valence-corrected chi connectivity index (χ1v) is 8.67. The van der Waals surface area contributed by atoms with E-state index in [2.05, 4.69) is 26.2 Å². The molecule has 0 radical (unpaired) electrons. The van der Waals surface area contributed by atoms with Crippen molar-refractivity contribution >= 4 is 48.5 Å². The number of nitrogens with one attached hydrogen (secondary N) is 1. The van der Waals surface area contributed by atoms with Crippen LogP contribution >= 0.6 is 27.3 Å². The second-order valence-electron chi connectivity index (χ2n) is 5.90. The van der Waals surface area contributed by atoms with E-state index in [4.69, 9.17) is 0 Å². The average Bonchev–Trinajstić information content (AvgIpc) is 3.11. The highest BCUT2D eigenvalue weighted by Crippen LogP contribution is 2.48. The number of anilines is 1. The van der Waals surface area contributed by atoms with Crippen LogP contribution in [-0.2, 0) is 4.79 Å². The smallest absolute Gasteiger partial charge is 0.229 e. The predicted octanol–water partition coefficient (Wildman–Crippen LogP) is 4.43. The molecule has 1 heterocycles. The summed E-state index contributed by atoms with van der Waals surface area (Å²) in [5.74, 6) is 1.80. The molecule has 4 rings (SSSR count). The van der Waals surface area contributed by atoms with Crippen molar-refractivity contribution in [1.82, 2.24) is 4.98 Å². The second-order valence-corrected chi connectivity index (χ2v) is 7.85. The lowest BCUT2D eigenvalue weighted by Gasteiger charge is -2.19. The number of fused-ring (bicyclic) bond motifs is 3. The van der Waals surface area contributed by atoms with E-state index in [9.17, 15) is 4.79 Å². The van der Waals surface area contributed by atoms with E-state index in [1.165, 1.54) is 19.3 Å². The molecule has 104 valence electrons. The fourth-order valence-corrected chi connectivity index (χ4v) is 5.14. The Labute approximate surface area is 129 Å². The molecule has 2 bridgehead atoms. The van der Waals surface area contributed by atoms with Gasteiger partial charge in [-0.1, -0.05) is 33.7 Å². The zero-order valence-electron chi connectivity index (χ0n) is 10.9. The lowest BCUT2D eigenvalue weighted by molar-refractivity contribution is -0.121. The van der Waals surface area contributed by atoms with Gasteiger partial charge in [-0.3, -0.25) is 4.79 Å². The van der Waals surface area contributed by atoms with Crippen LogP contribution in [0.15, 0.2) is 22.7 Å². The predicted molar refractivity (Wildman–Crippen MR) is 84.9 cm³/mol. The van der Waals surface area contributed by atoms with E-state index in [1.54, 1.807) is 11.3 Å². The van der Waals surface area contributed by atoms with E-state index in [0.717, 1.165) is 32.2 Å². The number of nitrogens with zero attached hydrogens (tertiary/aromatic N) is 1. The summed E-state index contributed by atoms with van der Waals surface area (Å²) in [6, 6.07) is 5.99. The van der Waals surface area contributed by atoms with Gasteiger partial charge in [0.05, 0.1) is 10.2 Å². The van der Waals surface area contributed by atoms with Crippen molar-refractivity contribution in [2.24, 2.45) is 17.8 Å². The maximum Gasteiger partial charge on any atom is 0.229 e. The fraction of sp³-hybridized carbons (Fsp3) is 0.467. The maximum absolute atomic E-state index is 12.4. The van der Waals surface area contributed by atoms with E-state index < -0.39 is 0 Å². The molecule has 2 aliphatic rings. The number of amides is 1. The SMILES string of the molecule is O=C(Nc1nc2ccc(Br)cc2s1)[C@@H]1C[C@H]2CC[C@H]1C2. The van der Waals surface area contributed by atoms with E-state index in [1.807, 2.05) is 18.2 Å². The Kier molecular flexibility index (Phi) is 3.07. The number of hydrogen-bond donors (Lipinski definition) is 1. The normalized spacial score (nSPS) is 28.1. The lowest BCUT2D eigenvalue weighted by Crippen LogP contribution is -2.27. The monoisotopic (exact) mass is 350 g/mol. The zero-order chi connectivity index (χ0) is 13.7. The van der Waals surface area contributed by atoms with Crippen molar-refractivity contribution in [3.63, 3.8) is 0 Å². The molecule has 1 amide bonds. The zero-order valence-corrected chi connectivity index (χ0v) is 13.3. The number of thiazole rings is 1. The topological polar surface area (TPSA) is 42.0 Å². The standard InChI is InChI=1S/C15H15BrN2OS/c16-10-3-4-12-13(7-10)20-15(17-12)18-14(19)11-6-8-1-2-9(11)5-8/h3-4,7-9,11H,1-2,5-6H2,(H,17,18,19)/t8-,9-,11+/m0/s1. The summed E-state index contributed by atoms with van der Waals surface area (Å²) in [4.78, 5) is 16.9. The molecule has 2 aromatic rings. The molecule has 1 aromatic carbocycles. The molecule has 2 saturated carbocycles. The number of hydrogen-bond acceptors (Lipinski definition) is 3. The van der Waals surface area contributed by atoms with Crippen LogP contribution in [0.1, 0.15) is 25.7 Å². The summed E-state index contributed by atoms with van der Waals surface area (Å²) in [6.45, 7) is 0. The number of carbonyl (C=O) groups is 1. The summed E-state index contributed by atoms with van der Waals surface area (Å²) in [6.07, 6.45) is 4.89. The van der Waals surface area contributed by atoms with Gasteiger partial charge in [0, 0.05) is 10.4 Å². The van der Waals surface area contributed by atoms with Crippen LogP contribution in [-0.4, -0.2) is 10.9 Å². The summed E-state index contributed by atoms with van der Waals surface area (Å²) < 4.78 is 2.14. The van der Waals surface area contributed by atoms with Crippen molar-refractivity contribution in [1.29, 1.82) is 0 Å². The van der Waals surface area contributed by atoms with E-state index in [0.29, 0.717) is 5.92 Å². The van der Waals surface area contributed by atoms with Crippen molar-refractivity contribution in [3.8, 4) is 0 Å². The van der Waals surface area contributed by atoms with Crippen molar-refractivity contribution < 1.29 is 4.79 Å². The van der Waals surface area contributed by atoms with Gasteiger partial charge in [0.2, 0.25) is 5.91 Å². The van der Waals surface area contributed by atoms with Crippen LogP contribution in [0.5, 0.6) is 0 Å². The summed E-state index contributed by atoms with van der Waals surface area (Å²) in [5.41, 5.74) is 0.946. The Balaban J connectivity index is 1.53. The van der Waals surface area contributed by atoms with Gasteiger partial charge in [0.15, 0.2) is 5.13 Å². The van der Waals surface area contributed by atoms with Gasteiger partial charge < -0.3 is 5.32 Å². The van der Waals surface area contributed by atoms with Crippen LogP contribution < -0.4 is 5.32 Å². The van der Waals surface area contributed by atoms with Crippen molar-refractivity contribution in [2.45, 2.75) is 25.7 Å². The van der Waals surface area contributed by atoms with Crippen LogP contribution in [0.4, 0.5) is 5.13 Å². The van der Waals surface area contributed by atoms with E-state index >= 15 is 0 Å². The third-order valence-electron chi connectivity index (χ3n) is 4.66. The highest BCUT2D eigenvalue weighted by atomic mass is 79.9. The highest BCUT2D eigenvalue weighted by Gasteiger charge is 2.43. The van der Waals surface area contributed by atoms with Gasteiger partial charge in [-0.05, 0) is 49.3 Å². The Morgan fingerprint density at radius 2 is 2.25 bits per heavy atom. The molecule has 2 fully saturated rings. The van der Waals surface area contributed by atoms with Gasteiger partial charge >= 0.3 is 0 Å². The third kappa shape index (κ3) is 2.17. The molecule has 0 aliphatic heterocycles. The first-order valence-electron chi connectivity index (χ1n) is 7.06. The fourth-order valence-electron chi connectivity index (χ4n) is 3.72. The molecular formula is C15H15BrN2OS. The van der Waals surface area contributed by atoms with Gasteiger partial charge in [-0.25, -0.2) is 4.98 Å². The van der Waals surface area contributed by atoms with Crippen molar-refractivity contribution in [3.05, 3.63) is 22.7 Å². The second kappa shape index (κ2) is 4.81. The Bertz CT molecular complexity index is 684. The minimum absolute atomic E-state index is 0.176. The molecule has 0 unspecified atom stereocenters. The highest BCUT2D eigenvalue weighted by molar-refractivity contribution is 9.10. The lowest BCUT2D eigenvalue weighted by atomic mass is 9.88. The number of halogens is 1. The number of benzene rings is 1. The minimum Gasteiger partial charge on any atom is -0.302 e. The van der Waals surface area contributed by atoms with Gasteiger partial charge in [-0.2, -0.15) is 0 Å². The minimum atomic E-state index is 0.176. The molecule has 1 aromatic heterocycles. The molecule has 1 N–H and O–H groups in total. The summed E-state index contributed by atoms with van der Waals surface area (Å²) in [5, 5.41) is 3.76. The average molecular weight is 351 g/mol. The molecule has 2 aliphatic carbocycles. The molecular weight excluding hydrogens is 336 g/mol. The third-order valence-corrected chi connectivity index (χ3v) is 6.08. The molecule has 20 heavy (non-hydrogen) atoms. The summed E-state index contributed by atoms with van der Waals surface area (Å²) in [7, 11) is 0. The molecule has 0 spiro atoms. The summed E-state index contributed by atoms with van der Waals surface area (Å²) >= 11 is 5.01. The van der Waals surface area contributed by atoms with Crippen molar-refractivity contribution in [2.75, 3.05) is 5.32 Å². The van der Waals surface area contributed by atoms with Crippen LogP contribution in [0, 0.1) is 17.8 Å². The molecule has 5 heteroatoms. The number of carbonyl (C=O) groups excluding carboxylic acids is 1. The molecule has 3 nitrogen and oxygen atoms in total. The maximum atomic E-state index is 12.4. The quantitative estimate of drug-likeness (QED) is 0.870. The van der Waals surface area contributed by atoms with Gasteiger partial charge in [0.1, 0.15) is 0 Å². The Morgan fingerprint density at radius 1 is 1.35 bits per heavy atom. The molecule has 0 saturated heterocycles. The largest absolute Gasteiger partial charge is 0.302 e. The van der Waals surface area contributed by atoms with Crippen LogP contribution in [0.2, 0.25) is 0 Å².